The van der Waals surface area contributed by atoms with E-state index < -0.39 is 0 Å². The molecule has 1 aliphatic rings. The minimum Gasteiger partial charge on any atom is -0.373 e. The van der Waals surface area contributed by atoms with E-state index in [1.54, 1.807) is 4.68 Å². The number of aryl methyl sites for hydroxylation is 1. The van der Waals surface area contributed by atoms with E-state index in [4.69, 9.17) is 10.5 Å². The molecule has 0 amide bonds. The van der Waals surface area contributed by atoms with Gasteiger partial charge in [-0.2, -0.15) is 5.10 Å². The third-order valence-electron chi connectivity index (χ3n) is 2.71. The Balaban J connectivity index is 2.09. The first-order chi connectivity index (χ1) is 6.68. The molecule has 0 aromatic carbocycles. The van der Waals surface area contributed by atoms with Crippen LogP contribution in [0.3, 0.4) is 0 Å². The van der Waals surface area contributed by atoms with Gasteiger partial charge in [0.1, 0.15) is 12.2 Å². The number of hydrogen-bond acceptors (Lipinski definition) is 4. The molecule has 5 nitrogen and oxygen atoms in total. The van der Waals surface area contributed by atoms with Crippen molar-refractivity contribution in [2.75, 3.05) is 0 Å². The van der Waals surface area contributed by atoms with Crippen LogP contribution < -0.4 is 5.73 Å². The van der Waals surface area contributed by atoms with E-state index in [1.165, 1.54) is 6.33 Å². The molecule has 1 aromatic rings. The van der Waals surface area contributed by atoms with Gasteiger partial charge in [0.05, 0.1) is 18.2 Å². The predicted octanol–water partition coefficient (Wildman–Crippen LogP) is 0.382. The third kappa shape index (κ3) is 1.65. The summed E-state index contributed by atoms with van der Waals surface area (Å²) in [6, 6.07) is -0.160. The van der Waals surface area contributed by atoms with E-state index in [-0.39, 0.29) is 12.1 Å². The monoisotopic (exact) mass is 196 g/mol. The highest BCUT2D eigenvalue weighted by molar-refractivity contribution is 4.97. The lowest BCUT2D eigenvalue weighted by Gasteiger charge is -2.18. The maximum absolute atomic E-state index is 6.06. The average molecular weight is 196 g/mol. The summed E-state index contributed by atoms with van der Waals surface area (Å²) in [5, 5.41) is 4.00. The van der Waals surface area contributed by atoms with Crippen molar-refractivity contribution in [1.29, 1.82) is 0 Å². The predicted molar refractivity (Wildman–Crippen MR) is 51.5 cm³/mol. The number of hydrogen-bond donors (Lipinski definition) is 1. The summed E-state index contributed by atoms with van der Waals surface area (Å²) >= 11 is 0. The molecule has 0 spiro atoms. The first-order valence-corrected chi connectivity index (χ1v) is 4.93. The molecule has 2 N–H and O–H groups in total. The Bertz CT molecular complexity index is 312. The molecule has 1 aromatic heterocycles. The molecule has 1 saturated heterocycles. The van der Waals surface area contributed by atoms with Crippen LogP contribution in [0.1, 0.15) is 31.6 Å². The van der Waals surface area contributed by atoms with Gasteiger partial charge in [0.2, 0.25) is 0 Å². The second-order valence-corrected chi connectivity index (χ2v) is 3.83. The van der Waals surface area contributed by atoms with Gasteiger partial charge in [-0.15, -0.1) is 0 Å². The summed E-state index contributed by atoms with van der Waals surface area (Å²) in [5.41, 5.74) is 6.06. The Hall–Kier alpha value is -0.940. The smallest absolute Gasteiger partial charge is 0.146 e. The molecular formula is C9H16N4O. The third-order valence-corrected chi connectivity index (χ3v) is 2.71. The number of nitrogens with zero attached hydrogens (tertiary/aromatic N) is 3. The second kappa shape index (κ2) is 3.67. The lowest BCUT2D eigenvalue weighted by atomic mass is 10.1. The van der Waals surface area contributed by atoms with E-state index >= 15 is 0 Å². The van der Waals surface area contributed by atoms with E-state index in [0.29, 0.717) is 6.10 Å². The number of aromatic nitrogens is 3. The Morgan fingerprint density at radius 2 is 2.43 bits per heavy atom. The van der Waals surface area contributed by atoms with Crippen LogP contribution in [-0.2, 0) is 11.8 Å². The van der Waals surface area contributed by atoms with E-state index in [9.17, 15) is 0 Å². The van der Waals surface area contributed by atoms with Gasteiger partial charge in [-0.3, -0.25) is 4.68 Å². The average Bonchev–Trinajstić information content (AvgIpc) is 2.73. The molecule has 3 unspecified atom stereocenters. The van der Waals surface area contributed by atoms with E-state index in [2.05, 4.69) is 17.0 Å². The quantitative estimate of drug-likeness (QED) is 0.742. The van der Waals surface area contributed by atoms with Gasteiger partial charge in [0, 0.05) is 7.05 Å². The molecular weight excluding hydrogens is 180 g/mol. The molecule has 0 radical (unpaired) electrons. The normalized spacial score (nSPS) is 29.4. The highest BCUT2D eigenvalue weighted by Gasteiger charge is 2.30. The van der Waals surface area contributed by atoms with Crippen molar-refractivity contribution in [2.45, 2.75) is 38.0 Å². The van der Waals surface area contributed by atoms with E-state index in [0.717, 1.165) is 18.7 Å². The van der Waals surface area contributed by atoms with Crippen LogP contribution in [0.5, 0.6) is 0 Å². The minimum atomic E-state index is -0.160. The fraction of sp³-hybridized carbons (Fsp3) is 0.778. The summed E-state index contributed by atoms with van der Waals surface area (Å²) in [4.78, 5) is 4.13. The first kappa shape index (κ1) is 9.61. The molecule has 5 heteroatoms. The second-order valence-electron chi connectivity index (χ2n) is 3.83. The fourth-order valence-electron chi connectivity index (χ4n) is 1.87. The number of ether oxygens (including phenoxy) is 1. The van der Waals surface area contributed by atoms with Gasteiger partial charge < -0.3 is 10.5 Å². The molecule has 0 aliphatic carbocycles. The van der Waals surface area contributed by atoms with Crippen LogP contribution in [-0.4, -0.2) is 27.0 Å². The molecule has 2 heterocycles. The Morgan fingerprint density at radius 3 is 2.93 bits per heavy atom. The lowest BCUT2D eigenvalue weighted by molar-refractivity contribution is 0.0377. The zero-order valence-electron chi connectivity index (χ0n) is 8.55. The summed E-state index contributed by atoms with van der Waals surface area (Å²) in [6.45, 7) is 2.07. The van der Waals surface area contributed by atoms with Gasteiger partial charge >= 0.3 is 0 Å². The summed E-state index contributed by atoms with van der Waals surface area (Å²) in [7, 11) is 1.85. The zero-order valence-corrected chi connectivity index (χ0v) is 8.55. The van der Waals surface area contributed by atoms with Crippen molar-refractivity contribution in [2.24, 2.45) is 12.8 Å². The Morgan fingerprint density at radius 1 is 1.64 bits per heavy atom. The van der Waals surface area contributed by atoms with Gasteiger partial charge in [-0.05, 0) is 19.8 Å². The maximum atomic E-state index is 6.06. The van der Waals surface area contributed by atoms with Gasteiger partial charge in [0.15, 0.2) is 0 Å². The number of rotatable bonds is 2. The molecule has 1 fully saturated rings. The van der Waals surface area contributed by atoms with Crippen LogP contribution >= 0.6 is 0 Å². The summed E-state index contributed by atoms with van der Waals surface area (Å²) in [5.74, 6) is 0.795. The lowest BCUT2D eigenvalue weighted by Crippen LogP contribution is -2.29. The number of nitrogens with two attached hydrogens (primary N) is 1. The van der Waals surface area contributed by atoms with Gasteiger partial charge in [-0.1, -0.05) is 0 Å². The SMILES string of the molecule is CC1CCC(C(N)c2ncnn2C)O1. The van der Waals surface area contributed by atoms with Crippen molar-refractivity contribution in [3.05, 3.63) is 12.2 Å². The molecule has 78 valence electrons. The molecule has 2 rings (SSSR count). The molecule has 0 bridgehead atoms. The summed E-state index contributed by atoms with van der Waals surface area (Å²) in [6.07, 6.45) is 4.02. The Kier molecular flexibility index (Phi) is 2.52. The molecule has 3 atom stereocenters. The van der Waals surface area contributed by atoms with Crippen LogP contribution in [0.15, 0.2) is 6.33 Å². The van der Waals surface area contributed by atoms with E-state index in [1.807, 2.05) is 7.05 Å². The fourth-order valence-corrected chi connectivity index (χ4v) is 1.87. The topological polar surface area (TPSA) is 66.0 Å². The highest BCUT2D eigenvalue weighted by Crippen LogP contribution is 2.27. The molecule has 0 saturated carbocycles. The molecule has 14 heavy (non-hydrogen) atoms. The van der Waals surface area contributed by atoms with Crippen LogP contribution in [0.4, 0.5) is 0 Å². The molecule has 1 aliphatic heterocycles. The van der Waals surface area contributed by atoms with Crippen molar-refractivity contribution in [3.63, 3.8) is 0 Å². The largest absolute Gasteiger partial charge is 0.373 e. The highest BCUT2D eigenvalue weighted by atomic mass is 16.5. The first-order valence-electron chi connectivity index (χ1n) is 4.93. The van der Waals surface area contributed by atoms with Crippen molar-refractivity contribution in [3.8, 4) is 0 Å². The van der Waals surface area contributed by atoms with Crippen molar-refractivity contribution in [1.82, 2.24) is 14.8 Å². The van der Waals surface area contributed by atoms with Crippen molar-refractivity contribution >= 4 is 0 Å². The zero-order chi connectivity index (χ0) is 10.1. The summed E-state index contributed by atoms with van der Waals surface area (Å²) < 4.78 is 7.40. The van der Waals surface area contributed by atoms with Gasteiger partial charge in [0.25, 0.3) is 0 Å². The van der Waals surface area contributed by atoms with Crippen molar-refractivity contribution < 1.29 is 4.74 Å². The maximum Gasteiger partial charge on any atom is 0.146 e. The standard InChI is InChI=1S/C9H16N4O/c1-6-3-4-7(14-6)8(10)9-11-5-12-13(9)2/h5-8H,3-4,10H2,1-2H3. The van der Waals surface area contributed by atoms with Gasteiger partial charge in [-0.25, -0.2) is 4.98 Å². The Labute approximate surface area is 83.3 Å². The van der Waals surface area contributed by atoms with Crippen LogP contribution in [0, 0.1) is 0 Å². The van der Waals surface area contributed by atoms with Crippen LogP contribution in [0.25, 0.3) is 0 Å². The van der Waals surface area contributed by atoms with Crippen LogP contribution in [0.2, 0.25) is 0 Å². The minimum absolute atomic E-state index is 0.0906.